The van der Waals surface area contributed by atoms with E-state index in [-0.39, 0.29) is 12.0 Å². The van der Waals surface area contributed by atoms with Gasteiger partial charge in [-0.1, -0.05) is 54.9 Å². The summed E-state index contributed by atoms with van der Waals surface area (Å²) in [7, 11) is 1.61. The van der Waals surface area contributed by atoms with Gasteiger partial charge in [0, 0.05) is 12.0 Å². The molecule has 0 amide bonds. The maximum atomic E-state index is 6.44. The predicted octanol–water partition coefficient (Wildman–Crippen LogP) is 4.54. The highest BCUT2D eigenvalue weighted by Gasteiger charge is 2.20. The van der Waals surface area contributed by atoms with E-state index in [0.717, 1.165) is 12.0 Å². The van der Waals surface area contributed by atoms with Gasteiger partial charge in [-0.25, -0.2) is 0 Å². The van der Waals surface area contributed by atoms with Crippen molar-refractivity contribution in [2.24, 2.45) is 5.73 Å². The number of benzene rings is 2. The predicted molar refractivity (Wildman–Crippen MR) is 84.4 cm³/mol. The monoisotopic (exact) mass is 289 g/mol. The van der Waals surface area contributed by atoms with Crippen LogP contribution in [0.25, 0.3) is 0 Å². The summed E-state index contributed by atoms with van der Waals surface area (Å²) in [6.45, 7) is 2.16. The molecule has 0 saturated heterocycles. The average Bonchev–Trinajstić information content (AvgIpc) is 2.49. The molecule has 106 valence electrons. The molecule has 0 saturated carbocycles. The molecule has 2 aromatic rings. The first-order chi connectivity index (χ1) is 9.67. The number of halogens is 1. The summed E-state index contributed by atoms with van der Waals surface area (Å²) in [6.07, 6.45) is 0.981. The lowest BCUT2D eigenvalue weighted by Crippen LogP contribution is -2.19. The van der Waals surface area contributed by atoms with Gasteiger partial charge in [0.25, 0.3) is 0 Å². The molecule has 0 spiro atoms. The lowest BCUT2D eigenvalue weighted by molar-refractivity contribution is 0.414. The third-order valence-electron chi connectivity index (χ3n) is 3.66. The van der Waals surface area contributed by atoms with Gasteiger partial charge in [-0.15, -0.1) is 0 Å². The van der Waals surface area contributed by atoms with Crippen molar-refractivity contribution in [3.05, 3.63) is 64.7 Å². The fourth-order valence-electron chi connectivity index (χ4n) is 2.52. The molecule has 0 aliphatic carbocycles. The fraction of sp³-hybridized carbons (Fsp3) is 0.294. The number of methoxy groups -OCH3 is 1. The maximum absolute atomic E-state index is 6.44. The molecule has 2 unspecified atom stereocenters. The summed E-state index contributed by atoms with van der Waals surface area (Å²) in [5.74, 6) is 0.955. The van der Waals surface area contributed by atoms with Crippen LogP contribution in [0.15, 0.2) is 48.5 Å². The molecule has 2 nitrogen and oxygen atoms in total. The second kappa shape index (κ2) is 6.78. The van der Waals surface area contributed by atoms with Crippen LogP contribution in [0, 0.1) is 0 Å². The Morgan fingerprint density at radius 2 is 1.80 bits per heavy atom. The van der Waals surface area contributed by atoms with Gasteiger partial charge in [-0.3, -0.25) is 0 Å². The molecule has 2 atom stereocenters. The van der Waals surface area contributed by atoms with Crippen molar-refractivity contribution < 1.29 is 4.74 Å². The molecule has 0 bridgehead atoms. The van der Waals surface area contributed by atoms with Gasteiger partial charge in [0.1, 0.15) is 5.75 Å². The Labute approximate surface area is 125 Å². The SMILES string of the molecule is CCC(c1ccccc1)C(N)c1ccc(OC)c(Cl)c1. The smallest absolute Gasteiger partial charge is 0.137 e. The summed E-state index contributed by atoms with van der Waals surface area (Å²) >= 11 is 6.19. The van der Waals surface area contributed by atoms with Crippen LogP contribution in [0.5, 0.6) is 5.75 Å². The molecule has 2 aromatic carbocycles. The van der Waals surface area contributed by atoms with Gasteiger partial charge in [-0.2, -0.15) is 0 Å². The van der Waals surface area contributed by atoms with E-state index in [2.05, 4.69) is 19.1 Å². The van der Waals surface area contributed by atoms with Gasteiger partial charge in [0.15, 0.2) is 0 Å². The Kier molecular flexibility index (Phi) is 5.05. The molecular formula is C17H20ClNO. The van der Waals surface area contributed by atoms with E-state index in [1.165, 1.54) is 5.56 Å². The van der Waals surface area contributed by atoms with E-state index < -0.39 is 0 Å². The minimum atomic E-state index is -0.0780. The zero-order valence-electron chi connectivity index (χ0n) is 11.8. The molecule has 0 aliphatic rings. The zero-order chi connectivity index (χ0) is 14.5. The van der Waals surface area contributed by atoms with Gasteiger partial charge < -0.3 is 10.5 Å². The molecule has 0 heterocycles. The van der Waals surface area contributed by atoms with Crippen LogP contribution in [0.4, 0.5) is 0 Å². The van der Waals surface area contributed by atoms with Crippen LogP contribution in [0.3, 0.4) is 0 Å². The Morgan fingerprint density at radius 3 is 2.35 bits per heavy atom. The topological polar surface area (TPSA) is 35.2 Å². The van der Waals surface area contributed by atoms with Gasteiger partial charge >= 0.3 is 0 Å². The molecular weight excluding hydrogens is 270 g/mol. The highest BCUT2D eigenvalue weighted by atomic mass is 35.5. The van der Waals surface area contributed by atoms with E-state index >= 15 is 0 Å². The first-order valence-corrected chi connectivity index (χ1v) is 7.19. The molecule has 0 radical (unpaired) electrons. The highest BCUT2D eigenvalue weighted by molar-refractivity contribution is 6.32. The van der Waals surface area contributed by atoms with Crippen molar-refractivity contribution in [3.63, 3.8) is 0 Å². The van der Waals surface area contributed by atoms with Crippen LogP contribution >= 0.6 is 11.6 Å². The van der Waals surface area contributed by atoms with Crippen molar-refractivity contribution in [1.82, 2.24) is 0 Å². The van der Waals surface area contributed by atoms with Gasteiger partial charge in [0.2, 0.25) is 0 Å². The van der Waals surface area contributed by atoms with Crippen LogP contribution in [0.1, 0.15) is 36.4 Å². The molecule has 0 fully saturated rings. The fourth-order valence-corrected chi connectivity index (χ4v) is 2.79. The first-order valence-electron chi connectivity index (χ1n) is 6.81. The molecule has 3 heteroatoms. The second-order valence-corrected chi connectivity index (χ2v) is 5.25. The van der Waals surface area contributed by atoms with Gasteiger partial charge in [-0.05, 0) is 29.7 Å². The van der Waals surface area contributed by atoms with Crippen molar-refractivity contribution in [1.29, 1.82) is 0 Å². The Balaban J connectivity index is 2.29. The van der Waals surface area contributed by atoms with E-state index in [9.17, 15) is 0 Å². The van der Waals surface area contributed by atoms with Crippen molar-refractivity contribution >= 4 is 11.6 Å². The van der Waals surface area contributed by atoms with Crippen LogP contribution < -0.4 is 10.5 Å². The normalized spacial score (nSPS) is 13.8. The van der Waals surface area contributed by atoms with E-state index in [4.69, 9.17) is 22.1 Å². The number of ether oxygens (including phenoxy) is 1. The third-order valence-corrected chi connectivity index (χ3v) is 3.96. The van der Waals surface area contributed by atoms with Crippen LogP contribution in [-0.4, -0.2) is 7.11 Å². The van der Waals surface area contributed by atoms with Crippen molar-refractivity contribution in [2.75, 3.05) is 7.11 Å². The van der Waals surface area contributed by atoms with Crippen molar-refractivity contribution in [2.45, 2.75) is 25.3 Å². The Hall–Kier alpha value is -1.51. The Morgan fingerprint density at radius 1 is 1.10 bits per heavy atom. The average molecular weight is 290 g/mol. The second-order valence-electron chi connectivity index (χ2n) is 4.85. The molecule has 0 aliphatic heterocycles. The van der Waals surface area contributed by atoms with Crippen LogP contribution in [0.2, 0.25) is 5.02 Å². The summed E-state index contributed by atoms with van der Waals surface area (Å²) in [4.78, 5) is 0. The maximum Gasteiger partial charge on any atom is 0.137 e. The van der Waals surface area contributed by atoms with E-state index in [1.54, 1.807) is 7.11 Å². The lowest BCUT2D eigenvalue weighted by Gasteiger charge is -2.24. The molecule has 0 aromatic heterocycles. The number of hydrogen-bond acceptors (Lipinski definition) is 2. The van der Waals surface area contributed by atoms with Gasteiger partial charge in [0.05, 0.1) is 12.1 Å². The first kappa shape index (κ1) is 14.9. The summed E-state index contributed by atoms with van der Waals surface area (Å²) in [5.41, 5.74) is 8.74. The lowest BCUT2D eigenvalue weighted by atomic mass is 9.86. The minimum Gasteiger partial charge on any atom is -0.495 e. The molecule has 2 rings (SSSR count). The summed E-state index contributed by atoms with van der Waals surface area (Å²) < 4.78 is 5.18. The number of hydrogen-bond donors (Lipinski definition) is 1. The minimum absolute atomic E-state index is 0.0780. The largest absolute Gasteiger partial charge is 0.495 e. The molecule has 2 N–H and O–H groups in total. The highest BCUT2D eigenvalue weighted by Crippen LogP contribution is 2.34. The quantitative estimate of drug-likeness (QED) is 0.877. The zero-order valence-corrected chi connectivity index (χ0v) is 12.6. The molecule has 20 heavy (non-hydrogen) atoms. The summed E-state index contributed by atoms with van der Waals surface area (Å²) in [5, 5.41) is 0.600. The van der Waals surface area contributed by atoms with E-state index in [1.807, 2.05) is 36.4 Å². The summed E-state index contributed by atoms with van der Waals surface area (Å²) in [6, 6.07) is 16.0. The van der Waals surface area contributed by atoms with Crippen LogP contribution in [-0.2, 0) is 0 Å². The third kappa shape index (κ3) is 3.14. The van der Waals surface area contributed by atoms with E-state index in [0.29, 0.717) is 10.8 Å². The Bertz CT molecular complexity index is 556. The number of nitrogens with two attached hydrogens (primary N) is 1. The standard InChI is InChI=1S/C17H20ClNO/c1-3-14(12-7-5-4-6-8-12)17(19)13-9-10-16(20-2)15(18)11-13/h4-11,14,17H,3,19H2,1-2H3. The number of rotatable bonds is 5. The van der Waals surface area contributed by atoms with Crippen molar-refractivity contribution in [3.8, 4) is 5.75 Å².